The molecule has 0 aromatic carbocycles. The molecule has 0 spiro atoms. The van der Waals surface area contributed by atoms with Gasteiger partial charge in [0.25, 0.3) is 0 Å². The van der Waals surface area contributed by atoms with Crippen LogP contribution < -0.4 is 5.32 Å². The molecular formula is C10H13ClFNOS. The number of hydrogen-bond donors (Lipinski definition) is 1. The second-order valence-corrected chi connectivity index (χ2v) is 4.53. The fourth-order valence-corrected chi connectivity index (χ4v) is 2.48. The van der Waals surface area contributed by atoms with Gasteiger partial charge in [0.05, 0.1) is 4.88 Å². The summed E-state index contributed by atoms with van der Waals surface area (Å²) < 4.78 is 12.7. The third-order valence-corrected chi connectivity index (χ3v) is 3.41. The van der Waals surface area contributed by atoms with Crippen LogP contribution in [-0.2, 0) is 0 Å². The minimum absolute atomic E-state index is 0. The molecule has 2 heterocycles. The molecule has 1 saturated heterocycles. The summed E-state index contributed by atoms with van der Waals surface area (Å²) in [6, 6.07) is 2.95. The van der Waals surface area contributed by atoms with Crippen molar-refractivity contribution >= 4 is 29.5 Å². The van der Waals surface area contributed by atoms with Gasteiger partial charge in [-0.05, 0) is 38.1 Å². The van der Waals surface area contributed by atoms with E-state index in [0.717, 1.165) is 37.3 Å². The van der Waals surface area contributed by atoms with Crippen molar-refractivity contribution in [2.75, 3.05) is 13.1 Å². The molecule has 1 aliphatic heterocycles. The molecule has 1 fully saturated rings. The van der Waals surface area contributed by atoms with Crippen LogP contribution in [0.1, 0.15) is 22.5 Å². The molecule has 0 radical (unpaired) electrons. The normalized spacial score (nSPS) is 17.1. The first-order valence-corrected chi connectivity index (χ1v) is 5.59. The zero-order valence-corrected chi connectivity index (χ0v) is 9.80. The average molecular weight is 250 g/mol. The van der Waals surface area contributed by atoms with E-state index in [-0.39, 0.29) is 29.2 Å². The van der Waals surface area contributed by atoms with Crippen molar-refractivity contribution < 1.29 is 9.18 Å². The van der Waals surface area contributed by atoms with E-state index < -0.39 is 0 Å². The van der Waals surface area contributed by atoms with Crippen molar-refractivity contribution in [3.63, 3.8) is 0 Å². The van der Waals surface area contributed by atoms with E-state index in [1.165, 1.54) is 6.07 Å². The molecule has 0 aliphatic carbocycles. The second-order valence-electron chi connectivity index (χ2n) is 3.49. The Bertz CT molecular complexity index is 336. The molecule has 0 saturated carbocycles. The third-order valence-electron chi connectivity index (χ3n) is 2.53. The van der Waals surface area contributed by atoms with Crippen LogP contribution in [0.2, 0.25) is 0 Å². The van der Waals surface area contributed by atoms with Crippen LogP contribution >= 0.6 is 23.7 Å². The summed E-state index contributed by atoms with van der Waals surface area (Å²) in [5.74, 6) is 0.203. The molecule has 1 aliphatic rings. The number of halogens is 2. The van der Waals surface area contributed by atoms with E-state index >= 15 is 0 Å². The van der Waals surface area contributed by atoms with Crippen LogP contribution in [0.25, 0.3) is 0 Å². The SMILES string of the molecule is Cl.O=C(c1ccc(F)s1)C1CCNCC1. The molecule has 0 bridgehead atoms. The second kappa shape index (κ2) is 5.58. The van der Waals surface area contributed by atoms with E-state index in [4.69, 9.17) is 0 Å². The predicted molar refractivity (Wildman–Crippen MR) is 61.4 cm³/mol. The Hall–Kier alpha value is -0.450. The summed E-state index contributed by atoms with van der Waals surface area (Å²) in [5.41, 5.74) is 0. The van der Waals surface area contributed by atoms with Crippen LogP contribution in [-0.4, -0.2) is 18.9 Å². The lowest BCUT2D eigenvalue weighted by Gasteiger charge is -2.20. The maximum atomic E-state index is 12.7. The maximum absolute atomic E-state index is 12.7. The zero-order chi connectivity index (χ0) is 9.97. The summed E-state index contributed by atoms with van der Waals surface area (Å²) in [5, 5.41) is 2.93. The Morgan fingerprint density at radius 3 is 2.60 bits per heavy atom. The number of piperidine rings is 1. The van der Waals surface area contributed by atoms with Crippen molar-refractivity contribution in [3.05, 3.63) is 22.1 Å². The monoisotopic (exact) mass is 249 g/mol. The van der Waals surface area contributed by atoms with Gasteiger partial charge in [-0.3, -0.25) is 4.79 Å². The maximum Gasteiger partial charge on any atom is 0.177 e. The molecule has 1 aromatic heterocycles. The van der Waals surface area contributed by atoms with E-state index in [1.54, 1.807) is 6.07 Å². The number of carbonyl (C=O) groups is 1. The van der Waals surface area contributed by atoms with Gasteiger partial charge in [-0.1, -0.05) is 0 Å². The van der Waals surface area contributed by atoms with Gasteiger partial charge in [0.15, 0.2) is 10.9 Å². The highest BCUT2D eigenvalue weighted by Crippen LogP contribution is 2.22. The smallest absolute Gasteiger partial charge is 0.177 e. The van der Waals surface area contributed by atoms with Gasteiger partial charge in [0.2, 0.25) is 0 Å². The Morgan fingerprint density at radius 1 is 1.40 bits per heavy atom. The van der Waals surface area contributed by atoms with Crippen LogP contribution in [0.4, 0.5) is 4.39 Å². The molecule has 2 nitrogen and oxygen atoms in total. The lowest BCUT2D eigenvalue weighted by Crippen LogP contribution is -2.31. The van der Waals surface area contributed by atoms with E-state index in [0.29, 0.717) is 4.88 Å². The van der Waals surface area contributed by atoms with Crippen molar-refractivity contribution in [1.29, 1.82) is 0 Å². The molecule has 1 N–H and O–H groups in total. The first kappa shape index (κ1) is 12.6. The molecule has 0 amide bonds. The number of hydrogen-bond acceptors (Lipinski definition) is 3. The molecule has 0 atom stereocenters. The van der Waals surface area contributed by atoms with E-state index in [2.05, 4.69) is 5.32 Å². The van der Waals surface area contributed by atoms with Gasteiger partial charge >= 0.3 is 0 Å². The molecule has 15 heavy (non-hydrogen) atoms. The van der Waals surface area contributed by atoms with Crippen LogP contribution in [0.3, 0.4) is 0 Å². The quantitative estimate of drug-likeness (QED) is 0.816. The van der Waals surface area contributed by atoms with Gasteiger partial charge in [-0.25, -0.2) is 0 Å². The molecule has 1 aromatic rings. The van der Waals surface area contributed by atoms with E-state index in [9.17, 15) is 9.18 Å². The fraction of sp³-hybridized carbons (Fsp3) is 0.500. The summed E-state index contributed by atoms with van der Waals surface area (Å²) in [7, 11) is 0. The van der Waals surface area contributed by atoms with Gasteiger partial charge in [0.1, 0.15) is 0 Å². The summed E-state index contributed by atoms with van der Waals surface area (Å²) >= 11 is 0.953. The van der Waals surface area contributed by atoms with Crippen molar-refractivity contribution in [1.82, 2.24) is 5.32 Å². The number of thiophene rings is 1. The van der Waals surface area contributed by atoms with Gasteiger partial charge in [-0.15, -0.1) is 23.7 Å². The standard InChI is InChI=1S/C10H12FNOS.ClH/c11-9-2-1-8(14-9)10(13)7-3-5-12-6-4-7;/h1-2,7,12H,3-6H2;1H. The van der Waals surface area contributed by atoms with Gasteiger partial charge in [0, 0.05) is 5.92 Å². The van der Waals surface area contributed by atoms with Crippen molar-refractivity contribution in [3.8, 4) is 0 Å². The Labute approximate surface area is 98.3 Å². The molecular weight excluding hydrogens is 237 g/mol. The lowest BCUT2D eigenvalue weighted by atomic mass is 9.93. The number of nitrogens with one attached hydrogen (secondary N) is 1. The third kappa shape index (κ3) is 3.00. The minimum Gasteiger partial charge on any atom is -0.317 e. The molecule has 84 valence electrons. The summed E-state index contributed by atoms with van der Waals surface area (Å²) in [6.45, 7) is 1.79. The topological polar surface area (TPSA) is 29.1 Å². The largest absolute Gasteiger partial charge is 0.317 e. The number of carbonyl (C=O) groups excluding carboxylic acids is 1. The number of rotatable bonds is 2. The highest BCUT2D eigenvalue weighted by atomic mass is 35.5. The highest BCUT2D eigenvalue weighted by Gasteiger charge is 2.23. The van der Waals surface area contributed by atoms with Crippen molar-refractivity contribution in [2.45, 2.75) is 12.8 Å². The first-order chi connectivity index (χ1) is 6.77. The summed E-state index contributed by atoms with van der Waals surface area (Å²) in [6.07, 6.45) is 1.75. The number of ketones is 1. The Balaban J connectivity index is 0.00000112. The van der Waals surface area contributed by atoms with Gasteiger partial charge in [-0.2, -0.15) is 4.39 Å². The zero-order valence-electron chi connectivity index (χ0n) is 8.16. The summed E-state index contributed by atoms with van der Waals surface area (Å²) in [4.78, 5) is 12.4. The lowest BCUT2D eigenvalue weighted by molar-refractivity contribution is 0.0899. The minimum atomic E-state index is -0.276. The van der Waals surface area contributed by atoms with Crippen molar-refractivity contribution in [2.24, 2.45) is 5.92 Å². The fourth-order valence-electron chi connectivity index (χ4n) is 1.73. The molecule has 0 unspecified atom stereocenters. The molecule has 2 rings (SSSR count). The van der Waals surface area contributed by atoms with Gasteiger partial charge < -0.3 is 5.32 Å². The number of Topliss-reactive ketones (excluding diaryl/α,β-unsaturated/α-hetero) is 1. The predicted octanol–water partition coefficient (Wildman–Crippen LogP) is 2.49. The first-order valence-electron chi connectivity index (χ1n) is 4.77. The van der Waals surface area contributed by atoms with E-state index in [1.807, 2.05) is 0 Å². The molecule has 5 heteroatoms. The Morgan fingerprint density at radius 2 is 2.07 bits per heavy atom. The highest BCUT2D eigenvalue weighted by molar-refractivity contribution is 7.12. The van der Waals surface area contributed by atoms with Crippen LogP contribution in [0, 0.1) is 11.0 Å². The van der Waals surface area contributed by atoms with Crippen LogP contribution in [0.15, 0.2) is 12.1 Å². The van der Waals surface area contributed by atoms with Crippen LogP contribution in [0.5, 0.6) is 0 Å². The Kier molecular flexibility index (Phi) is 4.70. The average Bonchev–Trinajstić information content (AvgIpc) is 2.65.